The van der Waals surface area contributed by atoms with Gasteiger partial charge in [-0.1, -0.05) is 77.7 Å². The zero-order chi connectivity index (χ0) is 22.9. The summed E-state index contributed by atoms with van der Waals surface area (Å²) < 4.78 is 7.55. The molecule has 0 bridgehead atoms. The molecule has 6 heteroatoms. The van der Waals surface area contributed by atoms with Crippen molar-refractivity contribution in [3.8, 4) is 5.88 Å². The van der Waals surface area contributed by atoms with Gasteiger partial charge in [0.25, 0.3) is 0 Å². The Balaban J connectivity index is 2.18. The number of primary amides is 1. The first-order valence-electron chi connectivity index (χ1n) is 11.9. The van der Waals surface area contributed by atoms with Crippen LogP contribution in [0, 0.1) is 17.3 Å². The molecule has 0 spiro atoms. The average molecular weight is 432 g/mol. The van der Waals surface area contributed by atoms with Gasteiger partial charge in [-0.15, -0.1) is 0 Å². The molecule has 0 atom stereocenters. The first kappa shape index (κ1) is 25.2. The summed E-state index contributed by atoms with van der Waals surface area (Å²) in [4.78, 5) is 24.9. The van der Waals surface area contributed by atoms with E-state index in [0.717, 1.165) is 12.8 Å². The summed E-state index contributed by atoms with van der Waals surface area (Å²) >= 11 is 0. The number of amides is 1. The third kappa shape index (κ3) is 8.15. The topological polar surface area (TPSA) is 87.2 Å². The highest BCUT2D eigenvalue weighted by Gasteiger charge is 2.24. The molecule has 0 aliphatic heterocycles. The normalized spacial score (nSPS) is 17.2. The lowest BCUT2D eigenvalue weighted by Gasteiger charge is -2.18. The van der Waals surface area contributed by atoms with Crippen LogP contribution < -0.4 is 10.5 Å². The summed E-state index contributed by atoms with van der Waals surface area (Å²) in [5.74, 6) is 0.865. The van der Waals surface area contributed by atoms with Gasteiger partial charge in [0, 0.05) is 12.6 Å². The van der Waals surface area contributed by atoms with E-state index in [1.165, 1.54) is 44.9 Å². The van der Waals surface area contributed by atoms with Gasteiger partial charge in [0.05, 0.1) is 23.8 Å². The highest BCUT2D eigenvalue weighted by atomic mass is 16.5. The smallest absolute Gasteiger partial charge is 0.227 e. The van der Waals surface area contributed by atoms with Crippen LogP contribution in [-0.2, 0) is 4.79 Å². The van der Waals surface area contributed by atoms with E-state index in [4.69, 9.17) is 10.5 Å². The first-order valence-corrected chi connectivity index (χ1v) is 11.9. The number of rotatable bonds is 9. The van der Waals surface area contributed by atoms with Gasteiger partial charge in [-0.2, -0.15) is 5.10 Å². The number of nitrogens with two attached hydrogens (primary N) is 1. The summed E-state index contributed by atoms with van der Waals surface area (Å²) in [6, 6.07) is 0. The van der Waals surface area contributed by atoms with Crippen LogP contribution in [0.2, 0.25) is 0 Å². The fourth-order valence-electron chi connectivity index (χ4n) is 3.85. The van der Waals surface area contributed by atoms with Crippen LogP contribution in [0.25, 0.3) is 6.20 Å². The van der Waals surface area contributed by atoms with Gasteiger partial charge < -0.3 is 10.5 Å². The van der Waals surface area contributed by atoms with Gasteiger partial charge in [0.2, 0.25) is 11.8 Å². The Kier molecular flexibility index (Phi) is 9.79. The number of hydrogen-bond donors (Lipinski definition) is 1. The number of ether oxygens (including phenoxy) is 1. The van der Waals surface area contributed by atoms with Crippen LogP contribution in [0.1, 0.15) is 102 Å². The van der Waals surface area contributed by atoms with Gasteiger partial charge in [-0.05, 0) is 25.7 Å². The molecule has 6 nitrogen and oxygen atoms in total. The largest absolute Gasteiger partial charge is 0.477 e. The Bertz CT molecular complexity index is 739. The zero-order valence-electron chi connectivity index (χ0n) is 19.9. The second-order valence-electron chi connectivity index (χ2n) is 9.96. The average Bonchev–Trinajstić information content (AvgIpc) is 3.12. The maximum Gasteiger partial charge on any atom is 0.227 e. The van der Waals surface area contributed by atoms with Crippen molar-refractivity contribution >= 4 is 17.9 Å². The molecule has 1 aromatic rings. The van der Waals surface area contributed by atoms with Crippen molar-refractivity contribution in [2.24, 2.45) is 23.0 Å². The lowest BCUT2D eigenvalue weighted by Crippen LogP contribution is -2.29. The second kappa shape index (κ2) is 12.1. The number of ketones is 1. The Labute approximate surface area is 187 Å². The minimum Gasteiger partial charge on any atom is -0.477 e. The minimum atomic E-state index is -0.818. The molecular weight excluding hydrogens is 390 g/mol. The van der Waals surface area contributed by atoms with Crippen molar-refractivity contribution in [3.63, 3.8) is 0 Å². The van der Waals surface area contributed by atoms with E-state index in [9.17, 15) is 9.59 Å². The number of nitrogens with zero attached hydrogens (tertiary/aromatic N) is 2. The van der Waals surface area contributed by atoms with Crippen LogP contribution in [0.4, 0.5) is 0 Å². The lowest BCUT2D eigenvalue weighted by atomic mass is 9.88. The summed E-state index contributed by atoms with van der Waals surface area (Å²) in [6.45, 7) is 8.11. The fourth-order valence-corrected chi connectivity index (χ4v) is 3.85. The quantitative estimate of drug-likeness (QED) is 0.515. The third-order valence-corrected chi connectivity index (χ3v) is 6.07. The second-order valence-corrected chi connectivity index (χ2v) is 9.96. The maximum atomic E-state index is 13.2. The van der Waals surface area contributed by atoms with E-state index in [1.807, 2.05) is 0 Å². The van der Waals surface area contributed by atoms with Crippen molar-refractivity contribution in [1.29, 1.82) is 0 Å². The highest BCUT2D eigenvalue weighted by molar-refractivity contribution is 5.98. The molecule has 0 saturated heterocycles. The number of carbonyl (C=O) groups excluding carboxylic acids is 2. The van der Waals surface area contributed by atoms with E-state index in [2.05, 4.69) is 18.9 Å². The van der Waals surface area contributed by atoms with Gasteiger partial charge in [0.1, 0.15) is 0 Å². The van der Waals surface area contributed by atoms with Crippen LogP contribution in [0.3, 0.4) is 0 Å². The molecule has 1 aliphatic rings. The van der Waals surface area contributed by atoms with E-state index < -0.39 is 11.3 Å². The summed E-state index contributed by atoms with van der Waals surface area (Å²) in [7, 11) is 0. The third-order valence-electron chi connectivity index (χ3n) is 6.07. The molecule has 1 saturated carbocycles. The molecule has 0 aromatic carbocycles. The van der Waals surface area contributed by atoms with Gasteiger partial charge >= 0.3 is 0 Å². The van der Waals surface area contributed by atoms with Crippen molar-refractivity contribution in [3.05, 3.63) is 17.8 Å². The van der Waals surface area contributed by atoms with Crippen LogP contribution in [0.15, 0.2) is 12.3 Å². The number of hydrogen-bond acceptors (Lipinski definition) is 4. The van der Waals surface area contributed by atoms with Crippen molar-refractivity contribution in [2.45, 2.75) is 91.9 Å². The monoisotopic (exact) mass is 431 g/mol. The Morgan fingerprint density at radius 3 is 2.29 bits per heavy atom. The number of carbonyl (C=O) groups is 2. The first-order chi connectivity index (χ1) is 14.7. The number of Topliss-reactive ketones (excluding diaryl/α,β-unsaturated/α-hetero) is 1. The Morgan fingerprint density at radius 1 is 1.16 bits per heavy atom. The molecule has 1 aromatic heterocycles. The summed E-state index contributed by atoms with van der Waals surface area (Å²) in [5, 5.41) is 4.36. The molecule has 0 unspecified atom stereocenters. The minimum absolute atomic E-state index is 0.0922. The van der Waals surface area contributed by atoms with Crippen molar-refractivity contribution < 1.29 is 14.3 Å². The van der Waals surface area contributed by atoms with Crippen LogP contribution in [-0.4, -0.2) is 28.1 Å². The molecule has 1 fully saturated rings. The van der Waals surface area contributed by atoms with Crippen molar-refractivity contribution in [1.82, 2.24) is 9.78 Å². The van der Waals surface area contributed by atoms with E-state index in [0.29, 0.717) is 36.3 Å². The van der Waals surface area contributed by atoms with Gasteiger partial charge in [-0.3, -0.25) is 9.59 Å². The van der Waals surface area contributed by atoms with Crippen LogP contribution in [0.5, 0.6) is 5.88 Å². The summed E-state index contributed by atoms with van der Waals surface area (Å²) in [6.07, 6.45) is 16.7. The van der Waals surface area contributed by atoms with Gasteiger partial charge in [0.15, 0.2) is 5.78 Å². The van der Waals surface area contributed by atoms with E-state index >= 15 is 0 Å². The fraction of sp³-hybridized carbons (Fsp3) is 0.720. The van der Waals surface area contributed by atoms with Crippen molar-refractivity contribution in [2.75, 3.05) is 6.61 Å². The zero-order valence-corrected chi connectivity index (χ0v) is 19.9. The Morgan fingerprint density at radius 2 is 1.74 bits per heavy atom. The molecule has 1 amide bonds. The molecule has 1 aliphatic carbocycles. The Hall–Kier alpha value is -2.11. The lowest BCUT2D eigenvalue weighted by molar-refractivity contribution is -0.123. The van der Waals surface area contributed by atoms with Crippen LogP contribution >= 0.6 is 0 Å². The molecule has 2 N–H and O–H groups in total. The molecular formula is C25H41N3O3. The predicted molar refractivity (Wildman–Crippen MR) is 125 cm³/mol. The summed E-state index contributed by atoms with van der Waals surface area (Å²) in [5.41, 5.74) is 5.18. The molecule has 1 heterocycles. The predicted octanol–water partition coefficient (Wildman–Crippen LogP) is 5.61. The van der Waals surface area contributed by atoms with E-state index in [-0.39, 0.29) is 5.78 Å². The SMILES string of the molecule is CC(C)COc1c(C(=O)CC2CCCCCCCCC2)cnn1/C=C/C(C)(C)C(N)=O. The molecule has 174 valence electrons. The molecule has 2 rings (SSSR count). The van der Waals surface area contributed by atoms with E-state index in [1.54, 1.807) is 37.0 Å². The molecule has 31 heavy (non-hydrogen) atoms. The molecule has 0 radical (unpaired) electrons. The standard InChI is InChI=1S/C25H41N3O3/c1-19(2)18-31-23-21(17-27-28(23)15-14-25(3,4)24(26)30)22(29)16-20-12-10-8-6-5-7-9-11-13-20/h14-15,17,19-20H,5-13,16,18H2,1-4H3,(H2,26,30)/b15-14+. The number of aromatic nitrogens is 2. The van der Waals surface area contributed by atoms with Gasteiger partial charge in [-0.25, -0.2) is 4.68 Å². The maximum absolute atomic E-state index is 13.2. The highest BCUT2D eigenvalue weighted by Crippen LogP contribution is 2.29.